The van der Waals surface area contributed by atoms with Gasteiger partial charge in [0.2, 0.25) is 0 Å². The average Bonchev–Trinajstić information content (AvgIpc) is 2.67. The number of rotatable bonds is 6. The second-order valence-corrected chi connectivity index (χ2v) is 3.86. The molecule has 1 aromatic rings. The standard InChI is InChI=1S/C11H21N3O/c1-4-10(8-15)13-11(5-2)9-6-12-14(3)7-9/h6-7,10-11,13,15H,4-5,8H2,1-3H3. The maximum absolute atomic E-state index is 9.14. The summed E-state index contributed by atoms with van der Waals surface area (Å²) < 4.78 is 1.81. The van der Waals surface area contributed by atoms with E-state index in [1.807, 2.05) is 19.4 Å². The smallest absolute Gasteiger partial charge is 0.0584 e. The number of hydrogen-bond donors (Lipinski definition) is 2. The van der Waals surface area contributed by atoms with Crippen molar-refractivity contribution >= 4 is 0 Å². The third kappa shape index (κ3) is 3.32. The minimum absolute atomic E-state index is 0.176. The topological polar surface area (TPSA) is 50.1 Å². The largest absolute Gasteiger partial charge is 0.395 e. The van der Waals surface area contributed by atoms with Crippen molar-refractivity contribution in [3.63, 3.8) is 0 Å². The summed E-state index contributed by atoms with van der Waals surface area (Å²) in [6, 6.07) is 0.464. The second kappa shape index (κ2) is 5.88. The molecule has 4 nitrogen and oxygen atoms in total. The van der Waals surface area contributed by atoms with E-state index in [-0.39, 0.29) is 18.7 Å². The molecule has 0 saturated carbocycles. The van der Waals surface area contributed by atoms with Crippen LogP contribution in [0.15, 0.2) is 12.4 Å². The van der Waals surface area contributed by atoms with Crippen molar-refractivity contribution in [2.75, 3.05) is 6.61 Å². The van der Waals surface area contributed by atoms with Gasteiger partial charge >= 0.3 is 0 Å². The van der Waals surface area contributed by atoms with Gasteiger partial charge in [-0.05, 0) is 12.8 Å². The zero-order chi connectivity index (χ0) is 11.3. The Morgan fingerprint density at radius 3 is 2.60 bits per heavy atom. The molecular formula is C11H21N3O. The molecule has 0 aliphatic carbocycles. The lowest BCUT2D eigenvalue weighted by Gasteiger charge is -2.21. The molecule has 1 aromatic heterocycles. The maximum atomic E-state index is 9.14. The van der Waals surface area contributed by atoms with Crippen LogP contribution in [0.3, 0.4) is 0 Å². The van der Waals surface area contributed by atoms with Gasteiger partial charge < -0.3 is 10.4 Å². The Balaban J connectivity index is 2.63. The highest BCUT2D eigenvalue weighted by molar-refractivity contribution is 5.10. The van der Waals surface area contributed by atoms with Gasteiger partial charge in [0.1, 0.15) is 0 Å². The van der Waals surface area contributed by atoms with Crippen LogP contribution in [0.4, 0.5) is 0 Å². The summed E-state index contributed by atoms with van der Waals surface area (Å²) in [4.78, 5) is 0. The minimum Gasteiger partial charge on any atom is -0.395 e. The van der Waals surface area contributed by atoms with Gasteiger partial charge in [-0.15, -0.1) is 0 Å². The Morgan fingerprint density at radius 2 is 2.20 bits per heavy atom. The van der Waals surface area contributed by atoms with Gasteiger partial charge in [0.25, 0.3) is 0 Å². The van der Waals surface area contributed by atoms with Crippen molar-refractivity contribution in [3.8, 4) is 0 Å². The highest BCUT2D eigenvalue weighted by atomic mass is 16.3. The van der Waals surface area contributed by atoms with E-state index in [0.29, 0.717) is 0 Å². The number of aliphatic hydroxyl groups is 1. The van der Waals surface area contributed by atoms with Crippen molar-refractivity contribution in [2.45, 2.75) is 38.8 Å². The van der Waals surface area contributed by atoms with Crippen LogP contribution in [-0.4, -0.2) is 27.5 Å². The fraction of sp³-hybridized carbons (Fsp3) is 0.727. The first-order valence-electron chi connectivity index (χ1n) is 5.56. The predicted octanol–water partition coefficient (Wildman–Crippen LogP) is 1.23. The van der Waals surface area contributed by atoms with Gasteiger partial charge in [0.15, 0.2) is 0 Å². The van der Waals surface area contributed by atoms with E-state index in [1.165, 1.54) is 5.56 Å². The van der Waals surface area contributed by atoms with Crippen LogP contribution in [0.25, 0.3) is 0 Å². The molecule has 2 atom stereocenters. The van der Waals surface area contributed by atoms with Crippen LogP contribution in [0.5, 0.6) is 0 Å². The Bertz CT molecular complexity index is 281. The first-order valence-corrected chi connectivity index (χ1v) is 5.56. The van der Waals surface area contributed by atoms with E-state index in [2.05, 4.69) is 24.3 Å². The lowest BCUT2D eigenvalue weighted by atomic mass is 10.1. The number of aliphatic hydroxyl groups excluding tert-OH is 1. The molecule has 0 aromatic carbocycles. The fourth-order valence-corrected chi connectivity index (χ4v) is 1.65. The Hall–Kier alpha value is -0.870. The highest BCUT2D eigenvalue weighted by Crippen LogP contribution is 2.16. The van der Waals surface area contributed by atoms with E-state index in [4.69, 9.17) is 5.11 Å². The normalized spacial score (nSPS) is 15.2. The molecule has 0 spiro atoms. The molecule has 2 N–H and O–H groups in total. The monoisotopic (exact) mass is 211 g/mol. The van der Waals surface area contributed by atoms with Crippen molar-refractivity contribution in [1.29, 1.82) is 0 Å². The van der Waals surface area contributed by atoms with Gasteiger partial charge in [-0.3, -0.25) is 4.68 Å². The van der Waals surface area contributed by atoms with Crippen LogP contribution in [0.2, 0.25) is 0 Å². The van der Waals surface area contributed by atoms with Crippen LogP contribution < -0.4 is 5.32 Å². The summed E-state index contributed by atoms with van der Waals surface area (Å²) in [5.74, 6) is 0. The molecular weight excluding hydrogens is 190 g/mol. The van der Waals surface area contributed by atoms with E-state index in [0.717, 1.165) is 12.8 Å². The minimum atomic E-state index is 0.176. The van der Waals surface area contributed by atoms with Crippen LogP contribution in [0.1, 0.15) is 38.3 Å². The van der Waals surface area contributed by atoms with Crippen molar-refractivity contribution in [2.24, 2.45) is 7.05 Å². The van der Waals surface area contributed by atoms with Crippen molar-refractivity contribution in [1.82, 2.24) is 15.1 Å². The molecule has 0 amide bonds. The first kappa shape index (κ1) is 12.2. The number of hydrogen-bond acceptors (Lipinski definition) is 3. The molecule has 0 radical (unpaired) electrons. The molecule has 4 heteroatoms. The third-order valence-electron chi connectivity index (χ3n) is 2.69. The zero-order valence-electron chi connectivity index (χ0n) is 9.77. The Morgan fingerprint density at radius 1 is 1.47 bits per heavy atom. The summed E-state index contributed by atoms with van der Waals surface area (Å²) in [7, 11) is 1.92. The predicted molar refractivity (Wildman–Crippen MR) is 60.5 cm³/mol. The lowest BCUT2D eigenvalue weighted by molar-refractivity contribution is 0.226. The Labute approximate surface area is 91.3 Å². The second-order valence-electron chi connectivity index (χ2n) is 3.86. The van der Waals surface area contributed by atoms with Crippen LogP contribution in [-0.2, 0) is 7.05 Å². The maximum Gasteiger partial charge on any atom is 0.0584 e. The van der Waals surface area contributed by atoms with Gasteiger partial charge in [-0.2, -0.15) is 5.10 Å². The van der Waals surface area contributed by atoms with E-state index >= 15 is 0 Å². The van der Waals surface area contributed by atoms with Crippen molar-refractivity contribution in [3.05, 3.63) is 18.0 Å². The number of nitrogens with zero attached hydrogens (tertiary/aromatic N) is 2. The van der Waals surface area contributed by atoms with Gasteiger partial charge in [-0.25, -0.2) is 0 Å². The van der Waals surface area contributed by atoms with Crippen molar-refractivity contribution < 1.29 is 5.11 Å². The number of aromatic nitrogens is 2. The van der Waals surface area contributed by atoms with E-state index < -0.39 is 0 Å². The van der Waals surface area contributed by atoms with Gasteiger partial charge in [0.05, 0.1) is 12.8 Å². The molecule has 0 bridgehead atoms. The average molecular weight is 211 g/mol. The van der Waals surface area contributed by atoms with E-state index in [9.17, 15) is 0 Å². The highest BCUT2D eigenvalue weighted by Gasteiger charge is 2.14. The molecule has 0 saturated heterocycles. The summed E-state index contributed by atoms with van der Waals surface area (Å²) in [6.45, 7) is 4.39. The third-order valence-corrected chi connectivity index (χ3v) is 2.69. The summed E-state index contributed by atoms with van der Waals surface area (Å²) >= 11 is 0. The molecule has 15 heavy (non-hydrogen) atoms. The van der Waals surface area contributed by atoms with Gasteiger partial charge in [0, 0.05) is 30.9 Å². The molecule has 0 aliphatic rings. The summed E-state index contributed by atoms with van der Waals surface area (Å²) in [6.07, 6.45) is 5.84. The molecule has 2 unspecified atom stereocenters. The molecule has 1 heterocycles. The molecule has 86 valence electrons. The van der Waals surface area contributed by atoms with Crippen LogP contribution >= 0.6 is 0 Å². The lowest BCUT2D eigenvalue weighted by Crippen LogP contribution is -2.34. The van der Waals surface area contributed by atoms with Crippen LogP contribution in [0, 0.1) is 0 Å². The number of aryl methyl sites for hydroxylation is 1. The molecule has 0 fully saturated rings. The molecule has 1 rings (SSSR count). The zero-order valence-corrected chi connectivity index (χ0v) is 9.77. The summed E-state index contributed by atoms with van der Waals surface area (Å²) in [5, 5.41) is 16.7. The Kier molecular flexibility index (Phi) is 4.78. The number of nitrogens with one attached hydrogen (secondary N) is 1. The quantitative estimate of drug-likeness (QED) is 0.744. The van der Waals surface area contributed by atoms with Gasteiger partial charge in [-0.1, -0.05) is 13.8 Å². The molecule has 0 aliphatic heterocycles. The first-order chi connectivity index (χ1) is 7.21. The SMILES string of the molecule is CCC(CO)NC(CC)c1cnn(C)c1. The van der Waals surface area contributed by atoms with E-state index in [1.54, 1.807) is 4.68 Å². The fourth-order valence-electron chi connectivity index (χ4n) is 1.65. The summed E-state index contributed by atoms with van der Waals surface area (Å²) in [5.41, 5.74) is 1.19.